The van der Waals surface area contributed by atoms with E-state index in [1.807, 2.05) is 0 Å². The lowest BCUT2D eigenvalue weighted by atomic mass is 9.65. The van der Waals surface area contributed by atoms with E-state index in [1.54, 1.807) is 0 Å². The molecule has 71 heavy (non-hydrogen) atoms. The number of hydrogen-bond acceptors (Lipinski definition) is 1. The highest BCUT2D eigenvalue weighted by atomic mass is 16.5. The number of fused-ring (bicyclic) bond motifs is 10. The van der Waals surface area contributed by atoms with Gasteiger partial charge < -0.3 is 4.74 Å². The third-order valence-corrected chi connectivity index (χ3v) is 16.6. The zero-order chi connectivity index (χ0) is 47.6. The fourth-order valence-electron chi connectivity index (χ4n) is 13.1. The second-order valence-corrected chi connectivity index (χ2v) is 20.1. The van der Waals surface area contributed by atoms with Crippen LogP contribution in [0.1, 0.15) is 66.8 Å². The Labute approximate surface area is 415 Å². The van der Waals surface area contributed by atoms with Crippen LogP contribution >= 0.6 is 0 Å². The summed E-state index contributed by atoms with van der Waals surface area (Å²) in [5.41, 5.74) is 19.4. The highest BCUT2D eigenvalue weighted by Crippen LogP contribution is 2.60. The van der Waals surface area contributed by atoms with Gasteiger partial charge in [-0.25, -0.2) is 0 Å². The van der Waals surface area contributed by atoms with E-state index in [1.165, 1.54) is 132 Å². The average molecular weight is 907 g/mol. The van der Waals surface area contributed by atoms with E-state index in [2.05, 4.69) is 258 Å². The Bertz CT molecular complexity index is 3900. The van der Waals surface area contributed by atoms with E-state index in [9.17, 15) is 0 Å². The van der Waals surface area contributed by atoms with Crippen LogP contribution in [0.2, 0.25) is 0 Å². The van der Waals surface area contributed by atoms with Crippen molar-refractivity contribution in [2.24, 2.45) is 0 Å². The Hall–Kier alpha value is -8.52. The monoisotopic (exact) mass is 906 g/mol. The van der Waals surface area contributed by atoms with Gasteiger partial charge in [-0.1, -0.05) is 182 Å². The largest absolute Gasteiger partial charge is 0.457 e. The molecule has 12 aromatic carbocycles. The molecule has 1 heteroatoms. The van der Waals surface area contributed by atoms with Crippen molar-refractivity contribution < 1.29 is 4.74 Å². The molecule has 0 amide bonds. The van der Waals surface area contributed by atoms with Gasteiger partial charge in [0.2, 0.25) is 0 Å². The van der Waals surface area contributed by atoms with Crippen molar-refractivity contribution in [3.63, 3.8) is 0 Å². The van der Waals surface area contributed by atoms with Crippen molar-refractivity contribution >= 4 is 43.1 Å². The van der Waals surface area contributed by atoms with E-state index in [4.69, 9.17) is 4.74 Å². The van der Waals surface area contributed by atoms with Gasteiger partial charge >= 0.3 is 0 Å². The molecule has 0 radical (unpaired) electrons. The normalized spacial score (nSPS) is 16.6. The zero-order valence-electron chi connectivity index (χ0n) is 40.3. The summed E-state index contributed by atoms with van der Waals surface area (Å²) in [6.07, 6.45) is 0. The van der Waals surface area contributed by atoms with Crippen molar-refractivity contribution in [2.45, 2.75) is 38.5 Å². The topological polar surface area (TPSA) is 9.23 Å². The highest BCUT2D eigenvalue weighted by molar-refractivity contribution is 6.02. The minimum atomic E-state index is -0.583. The number of hydrogen-bond donors (Lipinski definition) is 0. The Morgan fingerprint density at radius 2 is 0.606 bits per heavy atom. The summed E-state index contributed by atoms with van der Waals surface area (Å²) in [5, 5.41) is 10.1. The number of aryl methyl sites for hydroxylation is 4. The van der Waals surface area contributed by atoms with Gasteiger partial charge in [0.05, 0.1) is 10.8 Å². The van der Waals surface area contributed by atoms with Crippen molar-refractivity contribution in [3.05, 3.63) is 297 Å². The van der Waals surface area contributed by atoms with E-state index in [-0.39, 0.29) is 0 Å². The summed E-state index contributed by atoms with van der Waals surface area (Å²) in [4.78, 5) is 0. The molecule has 0 saturated carbocycles. The first-order chi connectivity index (χ1) is 34.8. The van der Waals surface area contributed by atoms with Gasteiger partial charge in [-0.15, -0.1) is 0 Å². The van der Waals surface area contributed by atoms with Crippen LogP contribution in [0.25, 0.3) is 65.3 Å². The molecule has 12 aromatic rings. The molecule has 2 aliphatic carbocycles. The molecule has 14 rings (SSSR count). The number of rotatable bonds is 6. The summed E-state index contributed by atoms with van der Waals surface area (Å²) < 4.78 is 6.89. The maximum atomic E-state index is 6.89. The number of ether oxygens (including phenoxy) is 1. The van der Waals surface area contributed by atoms with Gasteiger partial charge in [0.25, 0.3) is 0 Å². The van der Waals surface area contributed by atoms with E-state index < -0.39 is 10.8 Å². The lowest BCUT2D eigenvalue weighted by Crippen LogP contribution is -2.29. The fraction of sp³-hybridized carbons (Fsp3) is 0.0857. The predicted octanol–water partition coefficient (Wildman–Crippen LogP) is 18.1. The lowest BCUT2D eigenvalue weighted by molar-refractivity contribution is 0.481. The van der Waals surface area contributed by atoms with Crippen LogP contribution in [0.15, 0.2) is 231 Å². The van der Waals surface area contributed by atoms with Crippen LogP contribution in [0.3, 0.4) is 0 Å². The summed E-state index contributed by atoms with van der Waals surface area (Å²) in [7, 11) is 0. The average Bonchev–Trinajstić information content (AvgIpc) is 3.87. The Kier molecular flexibility index (Phi) is 9.05. The summed E-state index contributed by atoms with van der Waals surface area (Å²) >= 11 is 0. The molecule has 336 valence electrons. The maximum absolute atomic E-state index is 6.89. The first kappa shape index (κ1) is 41.5. The quantitative estimate of drug-likeness (QED) is 0.162. The van der Waals surface area contributed by atoms with Gasteiger partial charge in [-0.2, -0.15) is 0 Å². The molecule has 0 saturated heterocycles. The minimum Gasteiger partial charge on any atom is -0.457 e. The molecule has 1 nitrogen and oxygen atoms in total. The predicted molar refractivity (Wildman–Crippen MR) is 297 cm³/mol. The molecule has 2 unspecified atom stereocenters. The second kappa shape index (κ2) is 15.5. The molecule has 0 heterocycles. The van der Waals surface area contributed by atoms with Crippen LogP contribution in [0.5, 0.6) is 11.5 Å². The molecule has 0 fully saturated rings. The Morgan fingerprint density at radius 1 is 0.268 bits per heavy atom. The van der Waals surface area contributed by atoms with Crippen LogP contribution in [-0.4, -0.2) is 0 Å². The molecule has 0 N–H and O–H groups in total. The SMILES string of the molecule is Cc1cc(C2(c3ccc(Oc4ccc(C5(c6cc(C)c(C)c7ccccc67)c6ccccc6-c6cc7ccccc7cc65)cc4)cc3)c3ccccc3-c3cc4ccccc4cc32)c2ccccc2c1C. The van der Waals surface area contributed by atoms with E-state index >= 15 is 0 Å². The minimum absolute atomic E-state index is 0.583. The first-order valence-electron chi connectivity index (χ1n) is 25.0. The molecule has 2 aliphatic rings. The molecule has 0 bridgehead atoms. The van der Waals surface area contributed by atoms with Crippen molar-refractivity contribution in [1.29, 1.82) is 0 Å². The molecule has 0 aliphatic heterocycles. The van der Waals surface area contributed by atoms with E-state index in [0.717, 1.165) is 11.5 Å². The lowest BCUT2D eigenvalue weighted by Gasteiger charge is -2.36. The fourth-order valence-corrected chi connectivity index (χ4v) is 13.1. The Balaban J connectivity index is 0.925. The van der Waals surface area contributed by atoms with Gasteiger partial charge in [0.15, 0.2) is 0 Å². The van der Waals surface area contributed by atoms with Crippen LogP contribution in [0, 0.1) is 27.7 Å². The van der Waals surface area contributed by atoms with E-state index in [0.29, 0.717) is 0 Å². The van der Waals surface area contributed by atoms with Crippen LogP contribution in [-0.2, 0) is 10.8 Å². The van der Waals surface area contributed by atoms with Gasteiger partial charge in [0.1, 0.15) is 11.5 Å². The highest BCUT2D eigenvalue weighted by Gasteiger charge is 2.49. The summed E-state index contributed by atoms with van der Waals surface area (Å²) in [6, 6.07) is 86.2. The molecule has 2 atom stereocenters. The zero-order valence-corrected chi connectivity index (χ0v) is 40.3. The third kappa shape index (κ3) is 5.81. The van der Waals surface area contributed by atoms with Gasteiger partial charge in [0, 0.05) is 0 Å². The van der Waals surface area contributed by atoms with Crippen molar-refractivity contribution in [1.82, 2.24) is 0 Å². The molecule has 0 spiro atoms. The van der Waals surface area contributed by atoms with Gasteiger partial charge in [-0.05, 0) is 208 Å². The maximum Gasteiger partial charge on any atom is 0.127 e. The van der Waals surface area contributed by atoms with Crippen molar-refractivity contribution in [2.75, 3.05) is 0 Å². The molecular formula is C70H50O. The van der Waals surface area contributed by atoms with Crippen molar-refractivity contribution in [3.8, 4) is 33.8 Å². The Morgan fingerprint density at radius 3 is 1.01 bits per heavy atom. The standard InChI is InChI=1S/C70H50O/c1-43-37-65(57-23-11-9-21-55(57)45(43)3)69(63-27-15-13-25-59(63)61-39-47-17-5-7-19-49(47)41-67(61)69)51-29-33-53(34-30-51)71-54-35-31-52(32-36-54)70(66-38-44(2)46(4)56-22-10-12-24-58(56)66)64-28-16-14-26-60(64)62-40-48-18-6-8-20-50(48)42-68(62)70/h5-42H,1-4H3. The number of benzene rings is 12. The summed E-state index contributed by atoms with van der Waals surface area (Å²) in [6.45, 7) is 9.05. The van der Waals surface area contributed by atoms with Crippen LogP contribution in [0.4, 0.5) is 0 Å². The van der Waals surface area contributed by atoms with Gasteiger partial charge in [-0.3, -0.25) is 0 Å². The smallest absolute Gasteiger partial charge is 0.127 e. The van der Waals surface area contributed by atoms with Crippen LogP contribution < -0.4 is 4.74 Å². The second-order valence-electron chi connectivity index (χ2n) is 20.1. The molecule has 0 aromatic heterocycles. The third-order valence-electron chi connectivity index (χ3n) is 16.6. The molecular weight excluding hydrogens is 857 g/mol. The first-order valence-corrected chi connectivity index (χ1v) is 25.0. The summed E-state index contributed by atoms with van der Waals surface area (Å²) in [5.74, 6) is 1.59.